The molecule has 0 atom stereocenters. The average Bonchev–Trinajstić information content (AvgIpc) is 2.78. The molecule has 0 aliphatic carbocycles. The Balaban J connectivity index is 0.00000161. The minimum absolute atomic E-state index is 0. The fourth-order valence-corrected chi connectivity index (χ4v) is 3.40. The first kappa shape index (κ1) is 16.1. The predicted octanol–water partition coefficient (Wildman–Crippen LogP) is 2.22. The van der Waals surface area contributed by atoms with Crippen LogP contribution >= 0.6 is 12.4 Å². The van der Waals surface area contributed by atoms with Crippen LogP contribution in [0.5, 0.6) is 5.75 Å². The van der Waals surface area contributed by atoms with Gasteiger partial charge in [0.15, 0.2) is 0 Å². The maximum atomic E-state index is 12.7. The summed E-state index contributed by atoms with van der Waals surface area (Å²) >= 11 is 0. The number of amides is 1. The van der Waals surface area contributed by atoms with Crippen LogP contribution < -0.4 is 10.1 Å². The largest absolute Gasteiger partial charge is 0.497 e. The lowest BCUT2D eigenvalue weighted by Gasteiger charge is -2.32. The predicted molar refractivity (Wildman–Crippen MR) is 84.8 cm³/mol. The molecule has 2 aliphatic heterocycles. The van der Waals surface area contributed by atoms with Gasteiger partial charge in [-0.1, -0.05) is 12.1 Å². The molecule has 21 heavy (non-hydrogen) atoms. The van der Waals surface area contributed by atoms with Gasteiger partial charge in [0.1, 0.15) is 5.75 Å². The Hall–Kier alpha value is -1.26. The number of rotatable bonds is 3. The van der Waals surface area contributed by atoms with Crippen LogP contribution in [0.1, 0.15) is 24.8 Å². The minimum Gasteiger partial charge on any atom is -0.497 e. The molecule has 2 fully saturated rings. The molecule has 1 aromatic rings. The van der Waals surface area contributed by atoms with Crippen molar-refractivity contribution in [3.05, 3.63) is 29.8 Å². The van der Waals surface area contributed by atoms with Crippen LogP contribution in [0.3, 0.4) is 0 Å². The highest BCUT2D eigenvalue weighted by atomic mass is 35.5. The minimum atomic E-state index is -0.0792. The molecule has 2 aliphatic rings. The third kappa shape index (κ3) is 3.16. The van der Waals surface area contributed by atoms with Gasteiger partial charge in [0.25, 0.3) is 0 Å². The van der Waals surface area contributed by atoms with Gasteiger partial charge < -0.3 is 15.0 Å². The van der Waals surface area contributed by atoms with Crippen molar-refractivity contribution in [1.29, 1.82) is 0 Å². The average molecular weight is 311 g/mol. The first-order chi connectivity index (χ1) is 9.73. The van der Waals surface area contributed by atoms with Crippen LogP contribution in [0.2, 0.25) is 0 Å². The number of hydrogen-bond acceptors (Lipinski definition) is 3. The highest BCUT2D eigenvalue weighted by Crippen LogP contribution is 2.40. The smallest absolute Gasteiger partial charge is 0.229 e. The quantitative estimate of drug-likeness (QED) is 0.931. The van der Waals surface area contributed by atoms with Gasteiger partial charge in [-0.3, -0.25) is 4.79 Å². The SMILES string of the molecule is COc1cccc(CN2CCC3(CCNCC3)C2=O)c1.Cl. The van der Waals surface area contributed by atoms with Crippen molar-refractivity contribution in [1.82, 2.24) is 10.2 Å². The number of carbonyl (C=O) groups is 1. The number of piperidine rings is 1. The van der Waals surface area contributed by atoms with Crippen molar-refractivity contribution in [2.75, 3.05) is 26.7 Å². The van der Waals surface area contributed by atoms with Crippen molar-refractivity contribution < 1.29 is 9.53 Å². The summed E-state index contributed by atoms with van der Waals surface area (Å²) in [6, 6.07) is 7.99. The Kier molecular flexibility index (Phi) is 5.12. The number of benzene rings is 1. The van der Waals surface area contributed by atoms with E-state index in [-0.39, 0.29) is 17.8 Å². The van der Waals surface area contributed by atoms with Crippen molar-refractivity contribution in [2.24, 2.45) is 5.41 Å². The van der Waals surface area contributed by atoms with E-state index in [4.69, 9.17) is 4.74 Å². The molecule has 1 amide bonds. The molecule has 0 saturated carbocycles. The Morgan fingerprint density at radius 2 is 2.05 bits per heavy atom. The fraction of sp³-hybridized carbons (Fsp3) is 0.562. The number of halogens is 1. The van der Waals surface area contributed by atoms with E-state index in [1.165, 1.54) is 0 Å². The summed E-state index contributed by atoms with van der Waals surface area (Å²) in [7, 11) is 1.67. The molecule has 2 saturated heterocycles. The normalized spacial score (nSPS) is 20.4. The van der Waals surface area contributed by atoms with Crippen molar-refractivity contribution in [3.63, 3.8) is 0 Å². The van der Waals surface area contributed by atoms with E-state index in [9.17, 15) is 4.79 Å². The van der Waals surface area contributed by atoms with E-state index in [2.05, 4.69) is 11.4 Å². The lowest BCUT2D eigenvalue weighted by Crippen LogP contribution is -2.42. The summed E-state index contributed by atoms with van der Waals surface area (Å²) in [4.78, 5) is 14.7. The summed E-state index contributed by atoms with van der Waals surface area (Å²) in [6.07, 6.45) is 2.98. The Morgan fingerprint density at radius 1 is 1.29 bits per heavy atom. The Morgan fingerprint density at radius 3 is 2.76 bits per heavy atom. The number of likely N-dealkylation sites (tertiary alicyclic amines) is 1. The van der Waals surface area contributed by atoms with Crippen LogP contribution in [0.4, 0.5) is 0 Å². The topological polar surface area (TPSA) is 41.6 Å². The highest BCUT2D eigenvalue weighted by Gasteiger charge is 2.46. The number of nitrogens with zero attached hydrogens (tertiary/aromatic N) is 1. The molecule has 1 N–H and O–H groups in total. The highest BCUT2D eigenvalue weighted by molar-refractivity contribution is 5.85. The first-order valence-electron chi connectivity index (χ1n) is 7.37. The zero-order chi connectivity index (χ0) is 14.0. The second kappa shape index (κ2) is 6.67. The summed E-state index contributed by atoms with van der Waals surface area (Å²) in [5, 5.41) is 3.35. The number of ether oxygens (including phenoxy) is 1. The maximum Gasteiger partial charge on any atom is 0.229 e. The lowest BCUT2D eigenvalue weighted by atomic mass is 9.78. The molecule has 0 aromatic heterocycles. The molecule has 116 valence electrons. The molecule has 2 heterocycles. The van der Waals surface area contributed by atoms with E-state index in [1.807, 2.05) is 23.1 Å². The van der Waals surface area contributed by atoms with Crippen LogP contribution in [0.25, 0.3) is 0 Å². The lowest BCUT2D eigenvalue weighted by molar-refractivity contribution is -0.137. The zero-order valence-corrected chi connectivity index (χ0v) is 13.2. The van der Waals surface area contributed by atoms with Gasteiger partial charge in [-0.2, -0.15) is 0 Å². The summed E-state index contributed by atoms with van der Waals surface area (Å²) in [6.45, 7) is 3.53. The molecule has 3 rings (SSSR count). The number of carbonyl (C=O) groups excluding carboxylic acids is 1. The van der Waals surface area contributed by atoms with Crippen molar-refractivity contribution in [3.8, 4) is 5.75 Å². The van der Waals surface area contributed by atoms with Gasteiger partial charge in [-0.05, 0) is 50.0 Å². The van der Waals surface area contributed by atoms with E-state index >= 15 is 0 Å². The maximum absolute atomic E-state index is 12.7. The van der Waals surface area contributed by atoms with Crippen molar-refractivity contribution in [2.45, 2.75) is 25.8 Å². The molecule has 1 aromatic carbocycles. The Bertz CT molecular complexity index is 501. The molecule has 1 spiro atoms. The van der Waals surface area contributed by atoms with Gasteiger partial charge in [0.2, 0.25) is 5.91 Å². The van der Waals surface area contributed by atoms with Gasteiger partial charge in [0, 0.05) is 13.1 Å². The fourth-order valence-electron chi connectivity index (χ4n) is 3.40. The third-order valence-electron chi connectivity index (χ3n) is 4.67. The zero-order valence-electron chi connectivity index (χ0n) is 12.4. The second-order valence-corrected chi connectivity index (χ2v) is 5.86. The molecule has 0 unspecified atom stereocenters. The van der Waals surface area contributed by atoms with Crippen LogP contribution in [-0.2, 0) is 11.3 Å². The van der Waals surface area contributed by atoms with Gasteiger partial charge in [-0.25, -0.2) is 0 Å². The van der Waals surface area contributed by atoms with Gasteiger partial charge >= 0.3 is 0 Å². The van der Waals surface area contributed by atoms with E-state index in [1.54, 1.807) is 7.11 Å². The molecular weight excluding hydrogens is 288 g/mol. The third-order valence-corrected chi connectivity index (χ3v) is 4.67. The van der Waals surface area contributed by atoms with E-state index < -0.39 is 0 Å². The molecule has 0 bridgehead atoms. The van der Waals surface area contributed by atoms with Crippen LogP contribution in [0, 0.1) is 5.41 Å². The first-order valence-corrected chi connectivity index (χ1v) is 7.37. The summed E-state index contributed by atoms with van der Waals surface area (Å²) in [5.41, 5.74) is 1.06. The molecule has 4 nitrogen and oxygen atoms in total. The van der Waals surface area contributed by atoms with Gasteiger partial charge in [-0.15, -0.1) is 12.4 Å². The monoisotopic (exact) mass is 310 g/mol. The standard InChI is InChI=1S/C16H22N2O2.ClH/c1-20-14-4-2-3-13(11-14)12-18-10-7-16(15(18)19)5-8-17-9-6-16;/h2-4,11,17H,5-10,12H2,1H3;1H. The summed E-state index contributed by atoms with van der Waals surface area (Å²) < 4.78 is 5.24. The summed E-state index contributed by atoms with van der Waals surface area (Å²) in [5.74, 6) is 1.20. The van der Waals surface area contributed by atoms with Crippen molar-refractivity contribution >= 4 is 18.3 Å². The number of nitrogens with one attached hydrogen (secondary N) is 1. The van der Waals surface area contributed by atoms with Crippen LogP contribution in [0.15, 0.2) is 24.3 Å². The Labute approximate surface area is 132 Å². The number of methoxy groups -OCH3 is 1. The van der Waals surface area contributed by atoms with Gasteiger partial charge in [0.05, 0.1) is 12.5 Å². The van der Waals surface area contributed by atoms with E-state index in [0.29, 0.717) is 12.5 Å². The number of hydrogen-bond donors (Lipinski definition) is 1. The molecular formula is C16H23ClN2O2. The molecule has 0 radical (unpaired) electrons. The van der Waals surface area contributed by atoms with Crippen LogP contribution in [-0.4, -0.2) is 37.6 Å². The second-order valence-electron chi connectivity index (χ2n) is 5.86. The molecule has 5 heteroatoms. The van der Waals surface area contributed by atoms with E-state index in [0.717, 1.165) is 50.2 Å².